The summed E-state index contributed by atoms with van der Waals surface area (Å²) in [5, 5.41) is -13.7. The lowest BCUT2D eigenvalue weighted by Crippen LogP contribution is -2.63. The van der Waals surface area contributed by atoms with E-state index in [0.29, 0.717) is 4.72 Å². The van der Waals surface area contributed by atoms with Crippen LogP contribution >= 0.6 is 0 Å². The fourth-order valence-corrected chi connectivity index (χ4v) is 3.36. The number of sulfonamides is 1. The maximum absolute atomic E-state index is 13.7. The molecule has 154 valence electrons. The van der Waals surface area contributed by atoms with Crippen LogP contribution in [0.15, 0.2) is 0 Å². The van der Waals surface area contributed by atoms with Gasteiger partial charge < -0.3 is 9.69 Å². The third-order valence-electron chi connectivity index (χ3n) is 2.84. The van der Waals surface area contributed by atoms with Crippen molar-refractivity contribution in [2.75, 3.05) is 0 Å². The van der Waals surface area contributed by atoms with Gasteiger partial charge in [-0.3, -0.25) is 17.9 Å². The molecule has 0 aromatic rings. The van der Waals surface area contributed by atoms with Crippen LogP contribution in [0.3, 0.4) is 0 Å². The lowest BCUT2D eigenvalue weighted by Gasteiger charge is -2.32. The van der Waals surface area contributed by atoms with Crippen LogP contribution in [0, 0.1) is 18.6 Å². The van der Waals surface area contributed by atoms with Crippen molar-refractivity contribution in [1.82, 2.24) is 4.72 Å². The Morgan fingerprint density at radius 3 is 1.81 bits per heavy atom. The molecule has 0 heterocycles. The number of hydrogen-bond acceptors (Lipinski definition) is 5. The number of carbonyl (C=O) groups excluding carboxylic acids is 1. The summed E-state index contributed by atoms with van der Waals surface area (Å²) in [5.41, 5.74) is -2.58. The number of alkyl halides is 6. The number of carbonyl (C=O) groups is 1. The number of halogens is 6. The van der Waals surface area contributed by atoms with Crippen LogP contribution in [0.25, 0.3) is 9.69 Å². The summed E-state index contributed by atoms with van der Waals surface area (Å²) in [6.07, 6.45) is -0.510. The van der Waals surface area contributed by atoms with E-state index in [1.165, 1.54) is 6.92 Å². The Morgan fingerprint density at radius 2 is 1.44 bits per heavy atom. The van der Waals surface area contributed by atoms with E-state index >= 15 is 0 Å². The highest BCUT2D eigenvalue weighted by molar-refractivity contribution is 7.95. The molecule has 0 aliphatic heterocycles. The number of rotatable bonds is 9. The molecule has 8 nitrogen and oxygen atoms in total. The fourth-order valence-electron chi connectivity index (χ4n) is 1.37. The van der Waals surface area contributed by atoms with E-state index in [1.54, 1.807) is 9.69 Å². The highest BCUT2D eigenvalue weighted by atomic mass is 32.2. The van der Waals surface area contributed by atoms with Crippen LogP contribution in [-0.4, -0.2) is 39.2 Å². The molecule has 0 saturated carbocycles. The molecule has 27 heavy (non-hydrogen) atoms. The first-order chi connectivity index (χ1) is 12.0. The van der Waals surface area contributed by atoms with Crippen molar-refractivity contribution in [1.29, 1.82) is 0 Å². The van der Waals surface area contributed by atoms with Crippen molar-refractivity contribution in [2.45, 2.75) is 42.6 Å². The number of nitrogens with zero attached hydrogens (tertiary/aromatic N) is 2. The topological polar surface area (TPSA) is 106 Å². The van der Waals surface area contributed by atoms with E-state index in [4.69, 9.17) is 13.1 Å². The summed E-state index contributed by atoms with van der Waals surface area (Å²) in [4.78, 5) is 14.6. The lowest BCUT2D eigenvalue weighted by atomic mass is 10.2. The fraction of sp³-hybridized carbons (Fsp3) is 0.636. The van der Waals surface area contributed by atoms with Crippen molar-refractivity contribution in [3.05, 3.63) is 28.3 Å². The summed E-state index contributed by atoms with van der Waals surface area (Å²) >= 11 is 0. The molecule has 0 aliphatic rings. The molecule has 0 unspecified atom stereocenters. The normalized spacial score (nSPS) is 13.4. The number of unbranched alkanes of at least 4 members (excludes halogenated alkanes) is 1. The number of sulfone groups is 1. The number of hydrogen-bond donors (Lipinski definition) is 1. The molecular formula is C11H10F6N3O5S2-. The molecule has 0 rings (SSSR count). The maximum Gasteiger partial charge on any atom is 0.432 e. The van der Waals surface area contributed by atoms with Crippen LogP contribution in [-0.2, 0) is 24.7 Å². The third-order valence-corrected chi connectivity index (χ3v) is 5.87. The zero-order valence-electron chi connectivity index (χ0n) is 13.1. The van der Waals surface area contributed by atoms with E-state index in [9.17, 15) is 48.0 Å². The van der Waals surface area contributed by atoms with Gasteiger partial charge in [0.2, 0.25) is 5.91 Å². The second-order valence-electron chi connectivity index (χ2n) is 4.75. The predicted octanol–water partition coefficient (Wildman–Crippen LogP) is 2.14. The number of amides is 1. The van der Waals surface area contributed by atoms with Gasteiger partial charge >= 0.3 is 32.0 Å². The van der Waals surface area contributed by atoms with Crippen molar-refractivity contribution in [3.8, 4) is 0 Å². The smallest absolute Gasteiger partial charge is 0.363 e. The van der Waals surface area contributed by atoms with Crippen molar-refractivity contribution < 1.29 is 48.0 Å². The van der Waals surface area contributed by atoms with Gasteiger partial charge in [0.1, 0.15) is 0 Å². The Bertz CT molecular complexity index is 859. The van der Waals surface area contributed by atoms with Gasteiger partial charge in [-0.1, -0.05) is 13.3 Å². The molecule has 0 aliphatic carbocycles. The summed E-state index contributed by atoms with van der Waals surface area (Å²) in [7, 11) is -13.8. The molecule has 0 aromatic heterocycles. The number of nitrogens with one attached hydrogen (secondary N) is 1. The second kappa shape index (κ2) is 7.81. The Balaban J connectivity index is 6.22. The average Bonchev–Trinajstić information content (AvgIpc) is 2.52. The lowest BCUT2D eigenvalue weighted by molar-refractivity contribution is -0.243. The SMILES string of the molecule is [C-]#[N+][C-]([N+]#[C-])S(=O)(=O)C(F)(F)C(F)(F)C(F)(F)S(=O)(=O)NC(=O)CCCC. The standard InChI is InChI=1S/C11H10F6N3O5S2/c1-4-5-6-7(21)20-27(24,25)11(16,17)9(12,13)10(14,15)26(22,23)8(18-2)19-3/h4-6H2,1H3,(H,20,21)/q-1. The first kappa shape index (κ1) is 24.8. The minimum Gasteiger partial charge on any atom is -0.363 e. The summed E-state index contributed by atoms with van der Waals surface area (Å²) in [6.45, 7) is 13.9. The second-order valence-corrected chi connectivity index (χ2v) is 8.36. The van der Waals surface area contributed by atoms with E-state index in [1.807, 2.05) is 0 Å². The molecule has 0 atom stereocenters. The van der Waals surface area contributed by atoms with Gasteiger partial charge in [0, 0.05) is 6.42 Å². The quantitative estimate of drug-likeness (QED) is 0.435. The van der Waals surface area contributed by atoms with Crippen LogP contribution in [0.4, 0.5) is 26.3 Å². The summed E-state index contributed by atoms with van der Waals surface area (Å²) < 4.78 is 128. The van der Waals surface area contributed by atoms with Crippen LogP contribution in [0.5, 0.6) is 0 Å². The van der Waals surface area contributed by atoms with E-state index < -0.39 is 54.1 Å². The average molecular weight is 442 g/mol. The molecule has 0 bridgehead atoms. The Morgan fingerprint density at radius 1 is 1.00 bits per heavy atom. The maximum atomic E-state index is 13.7. The largest absolute Gasteiger partial charge is 0.432 e. The predicted molar refractivity (Wildman–Crippen MR) is 76.8 cm³/mol. The van der Waals surface area contributed by atoms with Crippen molar-refractivity contribution in [3.63, 3.8) is 0 Å². The van der Waals surface area contributed by atoms with E-state index in [2.05, 4.69) is 0 Å². The van der Waals surface area contributed by atoms with Gasteiger partial charge in [0.25, 0.3) is 9.84 Å². The Kier molecular flexibility index (Phi) is 7.17. The third kappa shape index (κ3) is 4.06. The summed E-state index contributed by atoms with van der Waals surface area (Å²) in [5.74, 6) is -8.86. The zero-order valence-corrected chi connectivity index (χ0v) is 14.8. The minimum atomic E-state index is -7.14. The molecule has 0 fully saturated rings. The summed E-state index contributed by atoms with van der Waals surface area (Å²) in [6, 6.07) is 0. The van der Waals surface area contributed by atoms with Gasteiger partial charge in [-0.05, 0) is 6.42 Å². The first-order valence-electron chi connectivity index (χ1n) is 6.53. The van der Waals surface area contributed by atoms with Crippen LogP contribution < -0.4 is 4.72 Å². The van der Waals surface area contributed by atoms with Gasteiger partial charge in [-0.2, -0.15) is 34.8 Å². The van der Waals surface area contributed by atoms with Gasteiger partial charge in [0.05, 0.1) is 0 Å². The van der Waals surface area contributed by atoms with Gasteiger partial charge in [-0.25, -0.2) is 13.1 Å². The molecule has 0 radical (unpaired) electrons. The molecular weight excluding hydrogens is 432 g/mol. The van der Waals surface area contributed by atoms with Gasteiger partial charge in [-0.15, -0.1) is 0 Å². The first-order valence-corrected chi connectivity index (χ1v) is 9.49. The molecule has 0 spiro atoms. The highest BCUT2D eigenvalue weighted by Gasteiger charge is 2.82. The van der Waals surface area contributed by atoms with E-state index in [0.717, 1.165) is 0 Å². The monoisotopic (exact) mass is 442 g/mol. The Labute approximate surface area is 150 Å². The van der Waals surface area contributed by atoms with Crippen LogP contribution in [0.2, 0.25) is 0 Å². The molecule has 0 aromatic carbocycles. The van der Waals surface area contributed by atoms with Crippen LogP contribution in [0.1, 0.15) is 26.2 Å². The van der Waals surface area contributed by atoms with E-state index in [-0.39, 0.29) is 12.8 Å². The molecule has 0 saturated heterocycles. The molecule has 16 heteroatoms. The van der Waals surface area contributed by atoms with Crippen molar-refractivity contribution >= 4 is 25.8 Å². The highest BCUT2D eigenvalue weighted by Crippen LogP contribution is 2.52. The zero-order chi connectivity index (χ0) is 21.9. The van der Waals surface area contributed by atoms with Gasteiger partial charge in [0.15, 0.2) is 0 Å². The molecule has 1 amide bonds. The minimum absolute atomic E-state index is 0.0534. The Hall–Kier alpha value is -2.20. The molecule has 1 N–H and O–H groups in total. The van der Waals surface area contributed by atoms with Crippen molar-refractivity contribution in [2.24, 2.45) is 0 Å².